The van der Waals surface area contributed by atoms with Gasteiger partial charge >= 0.3 is 5.97 Å². The van der Waals surface area contributed by atoms with Crippen molar-refractivity contribution in [3.05, 3.63) is 32.8 Å². The van der Waals surface area contributed by atoms with Gasteiger partial charge in [-0.1, -0.05) is 15.9 Å². The minimum Gasteiger partial charge on any atom is -0.481 e. The number of hydrogen-bond donors (Lipinski definition) is 2. The second-order valence-corrected chi connectivity index (χ2v) is 5.77. The highest BCUT2D eigenvalue weighted by Gasteiger charge is 2.47. The molecule has 8 heteroatoms. The van der Waals surface area contributed by atoms with Gasteiger partial charge in [-0.2, -0.15) is 0 Å². The molecule has 0 bridgehead atoms. The van der Waals surface area contributed by atoms with Gasteiger partial charge in [0.25, 0.3) is 5.69 Å². The largest absolute Gasteiger partial charge is 0.481 e. The lowest BCUT2D eigenvalue weighted by atomic mass is 9.85. The van der Waals surface area contributed by atoms with Crippen LogP contribution in [0.1, 0.15) is 6.92 Å². The number of nitro benzene ring substituents is 1. The third kappa shape index (κ3) is 2.61. The molecule has 1 heterocycles. The van der Waals surface area contributed by atoms with Gasteiger partial charge in [0.05, 0.1) is 24.2 Å². The number of rotatable bonds is 4. The van der Waals surface area contributed by atoms with Crippen LogP contribution in [0, 0.1) is 15.5 Å². The molecular weight excluding hydrogens is 332 g/mol. The number of ether oxygens (including phenoxy) is 1. The predicted octanol–water partition coefficient (Wildman–Crippen LogP) is 2.26. The van der Waals surface area contributed by atoms with E-state index in [1.165, 1.54) is 6.07 Å². The van der Waals surface area contributed by atoms with Crippen LogP contribution in [-0.4, -0.2) is 35.3 Å². The van der Waals surface area contributed by atoms with Gasteiger partial charge in [0.15, 0.2) is 0 Å². The van der Waals surface area contributed by atoms with E-state index in [0.717, 1.165) is 0 Å². The fraction of sp³-hybridized carbons (Fsp3) is 0.417. The standard InChI is InChI=1S/C12H13BrN2O5/c1-12(11(16)17)6-20-5-10(12)14-8-3-2-7(13)4-9(8)15(18)19/h2-4,10,14H,5-6H2,1H3,(H,16,17). The third-order valence-corrected chi connectivity index (χ3v) is 3.92. The molecule has 0 aromatic heterocycles. The van der Waals surface area contributed by atoms with E-state index in [9.17, 15) is 20.0 Å². The van der Waals surface area contributed by atoms with Crippen molar-refractivity contribution in [3.8, 4) is 0 Å². The van der Waals surface area contributed by atoms with E-state index in [1.54, 1.807) is 19.1 Å². The summed E-state index contributed by atoms with van der Waals surface area (Å²) in [5, 5.41) is 23.2. The molecule has 0 saturated carbocycles. The number of hydrogen-bond acceptors (Lipinski definition) is 5. The van der Waals surface area contributed by atoms with E-state index in [-0.39, 0.29) is 24.6 Å². The lowest BCUT2D eigenvalue weighted by Crippen LogP contribution is -2.43. The van der Waals surface area contributed by atoms with Crippen molar-refractivity contribution < 1.29 is 19.6 Å². The first-order chi connectivity index (χ1) is 9.34. The summed E-state index contributed by atoms with van der Waals surface area (Å²) in [6, 6.07) is 4.04. The van der Waals surface area contributed by atoms with Crippen molar-refractivity contribution in [2.75, 3.05) is 18.5 Å². The van der Waals surface area contributed by atoms with Crippen molar-refractivity contribution in [1.82, 2.24) is 0 Å². The van der Waals surface area contributed by atoms with E-state index < -0.39 is 22.3 Å². The second kappa shape index (κ2) is 5.37. The molecule has 2 atom stereocenters. The predicted molar refractivity (Wildman–Crippen MR) is 74.8 cm³/mol. The van der Waals surface area contributed by atoms with Gasteiger partial charge in [-0.3, -0.25) is 14.9 Å². The summed E-state index contributed by atoms with van der Waals surface area (Å²) in [6.07, 6.45) is 0. The quantitative estimate of drug-likeness (QED) is 0.641. The fourth-order valence-corrected chi connectivity index (χ4v) is 2.40. The van der Waals surface area contributed by atoms with Gasteiger partial charge in [-0.25, -0.2) is 0 Å². The third-order valence-electron chi connectivity index (χ3n) is 3.43. The van der Waals surface area contributed by atoms with Crippen LogP contribution in [0.5, 0.6) is 0 Å². The number of aliphatic carboxylic acids is 1. The Morgan fingerprint density at radius 1 is 1.65 bits per heavy atom. The van der Waals surface area contributed by atoms with E-state index >= 15 is 0 Å². The first-order valence-corrected chi connectivity index (χ1v) is 6.65. The molecule has 1 saturated heterocycles. The zero-order valence-electron chi connectivity index (χ0n) is 10.6. The molecule has 108 valence electrons. The Hall–Kier alpha value is -1.67. The lowest BCUT2D eigenvalue weighted by molar-refractivity contribution is -0.384. The van der Waals surface area contributed by atoms with Crippen LogP contribution in [-0.2, 0) is 9.53 Å². The van der Waals surface area contributed by atoms with Crippen LogP contribution in [0.2, 0.25) is 0 Å². The van der Waals surface area contributed by atoms with E-state index in [1.807, 2.05) is 0 Å². The van der Waals surface area contributed by atoms with Gasteiger partial charge in [0, 0.05) is 10.5 Å². The van der Waals surface area contributed by atoms with Gasteiger partial charge in [-0.15, -0.1) is 0 Å². The molecule has 2 N–H and O–H groups in total. The van der Waals surface area contributed by atoms with Crippen LogP contribution >= 0.6 is 15.9 Å². The van der Waals surface area contributed by atoms with Crippen molar-refractivity contribution in [1.29, 1.82) is 0 Å². The molecule has 1 aliphatic heterocycles. The molecule has 2 unspecified atom stereocenters. The van der Waals surface area contributed by atoms with E-state index in [2.05, 4.69) is 21.2 Å². The van der Waals surface area contributed by atoms with Crippen molar-refractivity contribution in [2.24, 2.45) is 5.41 Å². The fourth-order valence-electron chi connectivity index (χ4n) is 2.05. The Labute approximate surface area is 123 Å². The number of anilines is 1. The molecule has 1 fully saturated rings. The first-order valence-electron chi connectivity index (χ1n) is 5.86. The Morgan fingerprint density at radius 3 is 2.95 bits per heavy atom. The molecule has 1 aromatic carbocycles. The topological polar surface area (TPSA) is 102 Å². The maximum absolute atomic E-state index is 11.3. The SMILES string of the molecule is CC1(C(=O)O)COCC1Nc1ccc(Br)cc1[N+](=O)[O-]. The molecule has 0 amide bonds. The summed E-state index contributed by atoms with van der Waals surface area (Å²) < 4.78 is 5.79. The zero-order valence-corrected chi connectivity index (χ0v) is 12.2. The zero-order chi connectivity index (χ0) is 14.9. The molecule has 7 nitrogen and oxygen atoms in total. The Morgan fingerprint density at radius 2 is 2.35 bits per heavy atom. The van der Waals surface area contributed by atoms with E-state index in [4.69, 9.17) is 4.74 Å². The Kier molecular flexibility index (Phi) is 3.96. The van der Waals surface area contributed by atoms with Crippen molar-refractivity contribution in [2.45, 2.75) is 13.0 Å². The van der Waals surface area contributed by atoms with Crippen LogP contribution in [0.4, 0.5) is 11.4 Å². The van der Waals surface area contributed by atoms with Gasteiger partial charge < -0.3 is 15.2 Å². The van der Waals surface area contributed by atoms with Crippen molar-refractivity contribution in [3.63, 3.8) is 0 Å². The first kappa shape index (κ1) is 14.7. The van der Waals surface area contributed by atoms with Gasteiger partial charge in [0.2, 0.25) is 0 Å². The van der Waals surface area contributed by atoms with Gasteiger partial charge in [0.1, 0.15) is 11.1 Å². The van der Waals surface area contributed by atoms with Crippen molar-refractivity contribution >= 4 is 33.3 Å². The van der Waals surface area contributed by atoms with E-state index in [0.29, 0.717) is 4.47 Å². The number of carboxylic acid groups (broad SMARTS) is 1. The van der Waals surface area contributed by atoms with Crippen LogP contribution in [0.3, 0.4) is 0 Å². The van der Waals surface area contributed by atoms with Crippen LogP contribution < -0.4 is 5.32 Å². The molecule has 0 spiro atoms. The summed E-state index contributed by atoms with van der Waals surface area (Å²) in [5.41, 5.74) is -0.943. The average Bonchev–Trinajstić information content (AvgIpc) is 2.74. The average molecular weight is 345 g/mol. The number of nitrogens with one attached hydrogen (secondary N) is 1. The number of nitro groups is 1. The normalized spacial score (nSPS) is 25.4. The molecular formula is C12H13BrN2O5. The number of nitrogens with zero attached hydrogens (tertiary/aromatic N) is 1. The monoisotopic (exact) mass is 344 g/mol. The number of benzene rings is 1. The minimum atomic E-state index is -1.11. The second-order valence-electron chi connectivity index (χ2n) is 4.85. The Balaban J connectivity index is 2.31. The molecule has 0 radical (unpaired) electrons. The summed E-state index contributed by atoms with van der Waals surface area (Å²) in [5.74, 6) is -0.993. The van der Waals surface area contributed by atoms with Crippen LogP contribution in [0.15, 0.2) is 22.7 Å². The minimum absolute atomic E-state index is 0.0737. The molecule has 0 aliphatic carbocycles. The maximum atomic E-state index is 11.3. The highest BCUT2D eigenvalue weighted by Crippen LogP contribution is 2.35. The number of carboxylic acids is 1. The summed E-state index contributed by atoms with van der Waals surface area (Å²) in [7, 11) is 0. The summed E-state index contributed by atoms with van der Waals surface area (Å²) >= 11 is 3.17. The lowest BCUT2D eigenvalue weighted by Gasteiger charge is -2.26. The molecule has 1 aromatic rings. The molecule has 20 heavy (non-hydrogen) atoms. The number of carbonyl (C=O) groups is 1. The molecule has 1 aliphatic rings. The number of halogens is 1. The smallest absolute Gasteiger partial charge is 0.313 e. The Bertz CT molecular complexity index is 565. The molecule has 2 rings (SSSR count). The highest BCUT2D eigenvalue weighted by molar-refractivity contribution is 9.10. The summed E-state index contributed by atoms with van der Waals surface area (Å²) in [4.78, 5) is 21.9. The van der Waals surface area contributed by atoms with Gasteiger partial charge in [-0.05, 0) is 19.1 Å². The summed E-state index contributed by atoms with van der Waals surface area (Å²) in [6.45, 7) is 1.82. The maximum Gasteiger partial charge on any atom is 0.313 e. The highest BCUT2D eigenvalue weighted by atomic mass is 79.9. The van der Waals surface area contributed by atoms with Crippen LogP contribution in [0.25, 0.3) is 0 Å².